The number of carbonyl (C=O) groups is 2. The normalized spacial score (nSPS) is 10.8. The van der Waals surface area contributed by atoms with Crippen LogP contribution in [0.15, 0.2) is 24.3 Å². The minimum Gasteiger partial charge on any atom is -0.460 e. The molecule has 0 unspecified atom stereocenters. The van der Waals surface area contributed by atoms with E-state index < -0.39 is 23.1 Å². The van der Waals surface area contributed by atoms with Crippen molar-refractivity contribution in [2.75, 3.05) is 19.5 Å². The molecule has 1 aromatic carbocycles. The lowest BCUT2D eigenvalue weighted by molar-refractivity contribution is -0.137. The maximum absolute atomic E-state index is 12.5. The molecule has 5 nitrogen and oxygen atoms in total. The van der Waals surface area contributed by atoms with Gasteiger partial charge < -0.3 is 10.1 Å². The van der Waals surface area contributed by atoms with E-state index >= 15 is 0 Å². The number of hydrogen-bond donors (Lipinski definition) is 1. The molecule has 0 saturated heterocycles. The van der Waals surface area contributed by atoms with E-state index in [1.54, 1.807) is 0 Å². The Hall–Kier alpha value is -1.90. The van der Waals surface area contributed by atoms with Crippen LogP contribution in [0, 0.1) is 0 Å². The highest BCUT2D eigenvalue weighted by Crippen LogP contribution is 2.30. The first kappa shape index (κ1) is 16.2. The monoisotopic (exact) mass is 308 g/mol. The number of alkyl halides is 3. The van der Waals surface area contributed by atoms with Crippen LogP contribution in [0.4, 0.5) is 28.4 Å². The Kier molecular flexibility index (Phi) is 5.26. The van der Waals surface area contributed by atoms with Crippen LogP contribution in [0.25, 0.3) is 0 Å². The molecule has 0 fully saturated rings. The van der Waals surface area contributed by atoms with Gasteiger partial charge in [0.25, 0.3) is 0 Å². The summed E-state index contributed by atoms with van der Waals surface area (Å²) < 4.78 is 42.7. The third-order valence-corrected chi connectivity index (χ3v) is 2.86. The van der Waals surface area contributed by atoms with Gasteiger partial charge in [0.15, 0.2) is 0 Å². The predicted molar refractivity (Wildman–Crippen MR) is 68.2 cm³/mol. The van der Waals surface area contributed by atoms with Crippen molar-refractivity contribution >= 4 is 29.0 Å². The van der Waals surface area contributed by atoms with Gasteiger partial charge >= 0.3 is 17.5 Å². The number of carbonyl (C=O) groups excluding carboxylic acids is 2. The number of urea groups is 1. The number of ether oxygens (including phenoxy) is 1. The second kappa shape index (κ2) is 6.51. The number of anilines is 1. The minimum atomic E-state index is -4.49. The zero-order valence-electron chi connectivity index (χ0n) is 10.5. The molecule has 0 aliphatic heterocycles. The van der Waals surface area contributed by atoms with Crippen LogP contribution in [0.2, 0.25) is 0 Å². The summed E-state index contributed by atoms with van der Waals surface area (Å²) in [5.41, 5.74) is -0.902. The molecule has 0 atom stereocenters. The van der Waals surface area contributed by atoms with Crippen LogP contribution in [-0.4, -0.2) is 29.8 Å². The highest BCUT2D eigenvalue weighted by atomic mass is 32.2. The Morgan fingerprint density at radius 1 is 1.35 bits per heavy atom. The fourth-order valence-corrected chi connectivity index (χ4v) is 1.59. The molecule has 0 bridgehead atoms. The van der Waals surface area contributed by atoms with E-state index in [4.69, 9.17) is 0 Å². The number of benzene rings is 1. The van der Waals surface area contributed by atoms with Crippen LogP contribution in [-0.2, 0) is 10.9 Å². The van der Waals surface area contributed by atoms with Crippen molar-refractivity contribution in [3.8, 4) is 0 Å². The van der Waals surface area contributed by atoms with E-state index in [0.29, 0.717) is 11.9 Å². The summed E-state index contributed by atoms with van der Waals surface area (Å²) in [5, 5.41) is 1.53. The van der Waals surface area contributed by atoms with Crippen LogP contribution < -0.4 is 5.32 Å². The van der Waals surface area contributed by atoms with Crippen LogP contribution >= 0.6 is 11.9 Å². The van der Waals surface area contributed by atoms with Crippen LogP contribution in [0.5, 0.6) is 0 Å². The lowest BCUT2D eigenvalue weighted by Crippen LogP contribution is -2.27. The third-order valence-electron chi connectivity index (χ3n) is 2.11. The second-order valence-electron chi connectivity index (χ2n) is 3.55. The number of nitrogens with zero attached hydrogens (tertiary/aromatic N) is 1. The van der Waals surface area contributed by atoms with Crippen molar-refractivity contribution in [2.45, 2.75) is 6.18 Å². The maximum atomic E-state index is 12.5. The Labute approximate surface area is 117 Å². The van der Waals surface area contributed by atoms with Gasteiger partial charge in [0.05, 0.1) is 24.6 Å². The molecule has 20 heavy (non-hydrogen) atoms. The minimum absolute atomic E-state index is 0.0258. The topological polar surface area (TPSA) is 58.6 Å². The molecular weight excluding hydrogens is 297 g/mol. The van der Waals surface area contributed by atoms with E-state index in [1.165, 1.54) is 19.2 Å². The molecule has 0 aliphatic carbocycles. The maximum Gasteiger partial charge on any atom is 0.416 e. The van der Waals surface area contributed by atoms with E-state index in [2.05, 4.69) is 10.1 Å². The quantitative estimate of drug-likeness (QED) is 0.636. The molecule has 9 heteroatoms. The predicted octanol–water partition coefficient (Wildman–Crippen LogP) is 3.58. The largest absolute Gasteiger partial charge is 0.460 e. The molecule has 1 N–H and O–H groups in total. The zero-order valence-corrected chi connectivity index (χ0v) is 11.3. The number of methoxy groups -OCH3 is 1. The number of hydrogen-bond acceptors (Lipinski definition) is 4. The van der Waals surface area contributed by atoms with Gasteiger partial charge in [-0.2, -0.15) is 13.2 Å². The van der Waals surface area contributed by atoms with E-state index in [1.807, 2.05) is 0 Å². The molecule has 2 amide bonds. The fraction of sp³-hybridized carbons (Fsp3) is 0.273. The SMILES string of the molecule is COC(=O)SN(C)C(=O)Nc1cccc(C(F)(F)F)c1. The summed E-state index contributed by atoms with van der Waals surface area (Å²) in [6.45, 7) is 0. The van der Waals surface area contributed by atoms with Gasteiger partial charge in [0.2, 0.25) is 0 Å². The average molecular weight is 308 g/mol. The summed E-state index contributed by atoms with van der Waals surface area (Å²) in [4.78, 5) is 22.6. The second-order valence-corrected chi connectivity index (χ2v) is 4.62. The number of nitrogens with one attached hydrogen (secondary N) is 1. The van der Waals surface area contributed by atoms with Gasteiger partial charge in [0, 0.05) is 12.7 Å². The number of amides is 2. The fourth-order valence-electron chi connectivity index (χ4n) is 1.17. The summed E-state index contributed by atoms with van der Waals surface area (Å²) in [7, 11) is 2.43. The Balaban J connectivity index is 2.73. The van der Waals surface area contributed by atoms with Gasteiger partial charge in [0.1, 0.15) is 0 Å². The number of rotatable bonds is 1. The molecule has 0 spiro atoms. The van der Waals surface area contributed by atoms with E-state index in [-0.39, 0.29) is 5.69 Å². The molecule has 0 saturated carbocycles. The standard InChI is InChI=1S/C11H11F3N2O3S/c1-16(20-10(18)19-2)9(17)15-8-5-3-4-7(6-8)11(12,13)14/h3-6H,1-2H3,(H,15,17). The zero-order chi connectivity index (χ0) is 15.3. The Morgan fingerprint density at radius 2 is 2.00 bits per heavy atom. The summed E-state index contributed by atoms with van der Waals surface area (Å²) in [6.07, 6.45) is -4.49. The molecule has 0 radical (unpaired) electrons. The summed E-state index contributed by atoms with van der Waals surface area (Å²) >= 11 is 0.475. The number of halogens is 3. The van der Waals surface area contributed by atoms with Gasteiger partial charge in [-0.15, -0.1) is 0 Å². The molecule has 0 aliphatic rings. The molecule has 0 heterocycles. The van der Waals surface area contributed by atoms with Crippen molar-refractivity contribution in [3.05, 3.63) is 29.8 Å². The highest BCUT2D eigenvalue weighted by molar-refractivity contribution is 8.11. The first-order valence-electron chi connectivity index (χ1n) is 5.22. The summed E-state index contributed by atoms with van der Waals surface area (Å²) in [6, 6.07) is 3.42. The van der Waals surface area contributed by atoms with E-state index in [0.717, 1.165) is 23.5 Å². The van der Waals surface area contributed by atoms with Crippen molar-refractivity contribution in [2.24, 2.45) is 0 Å². The van der Waals surface area contributed by atoms with Crippen molar-refractivity contribution < 1.29 is 27.5 Å². The molecule has 1 aromatic rings. The Bertz CT molecular complexity index is 508. The molecule has 110 valence electrons. The lowest BCUT2D eigenvalue weighted by atomic mass is 10.2. The van der Waals surface area contributed by atoms with Crippen LogP contribution in [0.1, 0.15) is 5.56 Å². The first-order valence-corrected chi connectivity index (χ1v) is 5.99. The van der Waals surface area contributed by atoms with Gasteiger partial charge in [-0.25, -0.2) is 9.59 Å². The smallest absolute Gasteiger partial charge is 0.416 e. The van der Waals surface area contributed by atoms with Crippen molar-refractivity contribution in [3.63, 3.8) is 0 Å². The lowest BCUT2D eigenvalue weighted by Gasteiger charge is -2.15. The third kappa shape index (κ3) is 4.65. The van der Waals surface area contributed by atoms with Gasteiger partial charge in [-0.3, -0.25) is 4.31 Å². The Morgan fingerprint density at radius 3 is 2.55 bits per heavy atom. The highest BCUT2D eigenvalue weighted by Gasteiger charge is 2.30. The molecule has 0 aromatic heterocycles. The van der Waals surface area contributed by atoms with Crippen molar-refractivity contribution in [1.82, 2.24) is 4.31 Å². The van der Waals surface area contributed by atoms with Gasteiger partial charge in [-0.05, 0) is 18.2 Å². The molecular formula is C11H11F3N2O3S. The first-order chi connectivity index (χ1) is 9.24. The van der Waals surface area contributed by atoms with Gasteiger partial charge in [-0.1, -0.05) is 6.07 Å². The average Bonchev–Trinajstić information content (AvgIpc) is 2.37. The van der Waals surface area contributed by atoms with Crippen LogP contribution in [0.3, 0.4) is 0 Å². The molecule has 1 rings (SSSR count). The van der Waals surface area contributed by atoms with Crippen molar-refractivity contribution in [1.29, 1.82) is 0 Å². The van der Waals surface area contributed by atoms with E-state index in [9.17, 15) is 22.8 Å². The summed E-state index contributed by atoms with van der Waals surface area (Å²) in [5.74, 6) is 0.